The molecule has 0 fully saturated rings. The average Bonchev–Trinajstić information content (AvgIpc) is 2.58. The summed E-state index contributed by atoms with van der Waals surface area (Å²) in [6, 6.07) is 5.81. The molecule has 8 heteroatoms. The van der Waals surface area contributed by atoms with Gasteiger partial charge in [-0.3, -0.25) is 11.2 Å². The van der Waals surface area contributed by atoms with Crippen LogP contribution in [0.15, 0.2) is 29.3 Å². The van der Waals surface area contributed by atoms with Crippen molar-refractivity contribution in [2.75, 3.05) is 0 Å². The Balaban J connectivity index is 2.28. The van der Waals surface area contributed by atoms with Crippen molar-refractivity contribution in [2.45, 2.75) is 18.4 Å². The first-order valence-electron chi connectivity index (χ1n) is 5.12. The fourth-order valence-corrected chi connectivity index (χ4v) is 1.69. The van der Waals surface area contributed by atoms with Gasteiger partial charge in [0.05, 0.1) is 6.42 Å². The predicted octanol–water partition coefficient (Wildman–Crippen LogP) is 0.283. The third-order valence-corrected chi connectivity index (χ3v) is 2.45. The second kappa shape index (κ2) is 4.14. The Morgan fingerprint density at radius 3 is 2.61 bits per heavy atom. The summed E-state index contributed by atoms with van der Waals surface area (Å²) >= 11 is 0. The van der Waals surface area contributed by atoms with Gasteiger partial charge in [0.15, 0.2) is 0 Å². The van der Waals surface area contributed by atoms with Crippen LogP contribution in [0, 0.1) is 0 Å². The Morgan fingerprint density at radius 1 is 1.33 bits per heavy atom. The molecule has 5 nitrogen and oxygen atoms in total. The number of rotatable bonds is 2. The van der Waals surface area contributed by atoms with E-state index < -0.39 is 18.4 Å². The van der Waals surface area contributed by atoms with Crippen LogP contribution in [0.3, 0.4) is 0 Å². The highest BCUT2D eigenvalue weighted by Crippen LogP contribution is 2.25. The number of hydrogen-bond donors (Lipinski definition) is 4. The summed E-state index contributed by atoms with van der Waals surface area (Å²) in [7, 11) is 0. The van der Waals surface area contributed by atoms with Crippen LogP contribution >= 0.6 is 0 Å². The molecular weight excluding hydrogens is 247 g/mol. The standard InChI is InChI=1S/C10H12F3N5/c11-9(12,13)5-6-2-1-3-7(4-6)10(15)16-8(14)17-18-10/h1-4,18H,5,15H2,(H3,14,16,17). The first kappa shape index (κ1) is 12.7. The van der Waals surface area contributed by atoms with Gasteiger partial charge in [-0.1, -0.05) is 24.3 Å². The fraction of sp³-hybridized carbons (Fsp3) is 0.300. The number of hydrogen-bond acceptors (Lipinski definition) is 5. The molecule has 1 aromatic carbocycles. The van der Waals surface area contributed by atoms with Crippen LogP contribution in [0.25, 0.3) is 0 Å². The lowest BCUT2D eigenvalue weighted by atomic mass is 10.0. The molecule has 0 saturated carbocycles. The number of nitrogens with one attached hydrogen (secondary N) is 2. The van der Waals surface area contributed by atoms with Crippen molar-refractivity contribution in [3.8, 4) is 0 Å². The molecular formula is C10H12F3N5. The second-order valence-electron chi connectivity index (χ2n) is 4.01. The number of benzene rings is 1. The van der Waals surface area contributed by atoms with E-state index in [2.05, 4.69) is 15.8 Å². The van der Waals surface area contributed by atoms with Gasteiger partial charge in [-0.25, -0.2) is 4.99 Å². The van der Waals surface area contributed by atoms with E-state index in [-0.39, 0.29) is 11.5 Å². The van der Waals surface area contributed by atoms with Crippen molar-refractivity contribution in [1.82, 2.24) is 10.9 Å². The van der Waals surface area contributed by atoms with E-state index in [1.807, 2.05) is 0 Å². The van der Waals surface area contributed by atoms with E-state index in [9.17, 15) is 13.2 Å². The van der Waals surface area contributed by atoms with Gasteiger partial charge in [0, 0.05) is 5.56 Å². The summed E-state index contributed by atoms with van der Waals surface area (Å²) in [4.78, 5) is 3.90. The molecule has 1 unspecified atom stereocenters. The minimum atomic E-state index is -4.26. The lowest BCUT2D eigenvalue weighted by molar-refractivity contribution is -0.127. The summed E-state index contributed by atoms with van der Waals surface area (Å²) in [5.41, 5.74) is 16.9. The van der Waals surface area contributed by atoms with Gasteiger partial charge in [-0.05, 0) is 5.56 Å². The number of nitrogens with zero attached hydrogens (tertiary/aromatic N) is 1. The normalized spacial score (nSPS) is 23.7. The summed E-state index contributed by atoms with van der Waals surface area (Å²) in [6.45, 7) is 0. The molecule has 1 aromatic rings. The number of alkyl halides is 3. The molecule has 1 atom stereocenters. The molecule has 6 N–H and O–H groups in total. The lowest BCUT2D eigenvalue weighted by Crippen LogP contribution is -2.50. The molecule has 0 aliphatic carbocycles. The van der Waals surface area contributed by atoms with Gasteiger partial charge < -0.3 is 5.73 Å². The zero-order valence-corrected chi connectivity index (χ0v) is 9.25. The van der Waals surface area contributed by atoms with E-state index in [4.69, 9.17) is 11.5 Å². The molecule has 18 heavy (non-hydrogen) atoms. The molecule has 0 radical (unpaired) electrons. The van der Waals surface area contributed by atoms with Gasteiger partial charge in [0.2, 0.25) is 11.7 Å². The number of aliphatic imine (C=N–C) groups is 1. The van der Waals surface area contributed by atoms with Crippen molar-refractivity contribution >= 4 is 5.96 Å². The van der Waals surface area contributed by atoms with Gasteiger partial charge in [-0.2, -0.15) is 18.6 Å². The number of hydrazine groups is 1. The molecule has 2 rings (SSSR count). The average molecular weight is 259 g/mol. The monoisotopic (exact) mass is 259 g/mol. The zero-order valence-electron chi connectivity index (χ0n) is 9.25. The van der Waals surface area contributed by atoms with Crippen LogP contribution in [0.4, 0.5) is 13.2 Å². The largest absolute Gasteiger partial charge is 0.393 e. The van der Waals surface area contributed by atoms with Crippen molar-refractivity contribution in [1.29, 1.82) is 0 Å². The Kier molecular flexibility index (Phi) is 2.91. The van der Waals surface area contributed by atoms with Gasteiger partial charge in [0.1, 0.15) is 0 Å². The molecule has 98 valence electrons. The number of guanidine groups is 1. The maximum Gasteiger partial charge on any atom is 0.393 e. The predicted molar refractivity (Wildman–Crippen MR) is 60.0 cm³/mol. The van der Waals surface area contributed by atoms with E-state index in [0.717, 1.165) is 0 Å². The highest BCUT2D eigenvalue weighted by Gasteiger charge is 2.33. The number of halogens is 3. The van der Waals surface area contributed by atoms with Crippen molar-refractivity contribution in [2.24, 2.45) is 16.5 Å². The Labute approximate surface area is 101 Å². The first-order chi connectivity index (χ1) is 8.28. The fourth-order valence-electron chi connectivity index (χ4n) is 1.69. The number of nitrogens with two attached hydrogens (primary N) is 2. The molecule has 1 aliphatic rings. The minimum absolute atomic E-state index is 0.0822. The topological polar surface area (TPSA) is 88.5 Å². The van der Waals surface area contributed by atoms with Crippen molar-refractivity contribution in [3.05, 3.63) is 35.4 Å². The highest BCUT2D eigenvalue weighted by atomic mass is 19.4. The Morgan fingerprint density at radius 2 is 2.06 bits per heavy atom. The third kappa shape index (κ3) is 2.71. The molecule has 0 amide bonds. The highest BCUT2D eigenvalue weighted by molar-refractivity contribution is 5.79. The van der Waals surface area contributed by atoms with Crippen molar-refractivity contribution < 1.29 is 13.2 Å². The molecule has 1 heterocycles. The van der Waals surface area contributed by atoms with Gasteiger partial charge in [0.25, 0.3) is 0 Å². The molecule has 0 saturated heterocycles. The Bertz CT molecular complexity index is 485. The van der Waals surface area contributed by atoms with Gasteiger partial charge in [-0.15, -0.1) is 0 Å². The molecule has 0 bridgehead atoms. The SMILES string of the molecule is NC1=NC(N)(c2cccc(CC(F)(F)F)c2)NN1. The molecule has 1 aliphatic heterocycles. The maximum absolute atomic E-state index is 12.3. The van der Waals surface area contributed by atoms with E-state index in [0.29, 0.717) is 5.56 Å². The van der Waals surface area contributed by atoms with E-state index >= 15 is 0 Å². The quantitative estimate of drug-likeness (QED) is 0.614. The van der Waals surface area contributed by atoms with E-state index in [1.54, 1.807) is 6.07 Å². The van der Waals surface area contributed by atoms with Crippen LogP contribution in [-0.4, -0.2) is 12.1 Å². The zero-order chi connectivity index (χ0) is 13.4. The lowest BCUT2D eigenvalue weighted by Gasteiger charge is -2.21. The third-order valence-electron chi connectivity index (χ3n) is 2.45. The smallest absolute Gasteiger partial charge is 0.369 e. The maximum atomic E-state index is 12.3. The van der Waals surface area contributed by atoms with Crippen LogP contribution in [-0.2, 0) is 12.2 Å². The summed E-state index contributed by atoms with van der Waals surface area (Å²) in [5, 5.41) is 0. The van der Waals surface area contributed by atoms with Crippen LogP contribution < -0.4 is 22.3 Å². The van der Waals surface area contributed by atoms with Crippen LogP contribution in [0.1, 0.15) is 11.1 Å². The summed E-state index contributed by atoms with van der Waals surface area (Å²) in [6.07, 6.45) is -5.27. The Hall–Kier alpha value is -1.80. The summed E-state index contributed by atoms with van der Waals surface area (Å²) in [5.74, 6) is -1.26. The molecule has 0 spiro atoms. The second-order valence-corrected chi connectivity index (χ2v) is 4.01. The first-order valence-corrected chi connectivity index (χ1v) is 5.12. The van der Waals surface area contributed by atoms with Crippen molar-refractivity contribution in [3.63, 3.8) is 0 Å². The van der Waals surface area contributed by atoms with E-state index in [1.165, 1.54) is 18.2 Å². The molecule has 0 aromatic heterocycles. The van der Waals surface area contributed by atoms with Crippen LogP contribution in [0.2, 0.25) is 0 Å². The minimum Gasteiger partial charge on any atom is -0.369 e. The van der Waals surface area contributed by atoms with Crippen LogP contribution in [0.5, 0.6) is 0 Å². The van der Waals surface area contributed by atoms with Gasteiger partial charge >= 0.3 is 6.18 Å². The summed E-state index contributed by atoms with van der Waals surface area (Å²) < 4.78 is 36.9.